The fourth-order valence-corrected chi connectivity index (χ4v) is 3.40. The number of aryl methyl sites for hydroxylation is 1. The largest absolute Gasteiger partial charge is 0.465 e. The van der Waals surface area contributed by atoms with Gasteiger partial charge in [0, 0.05) is 35.5 Å². The normalized spacial score (nSPS) is 10.8. The summed E-state index contributed by atoms with van der Waals surface area (Å²) in [6, 6.07) is 20.5. The van der Waals surface area contributed by atoms with Crippen LogP contribution < -0.4 is 5.32 Å². The van der Waals surface area contributed by atoms with E-state index in [2.05, 4.69) is 63.5 Å². The highest BCUT2D eigenvalue weighted by Crippen LogP contribution is 2.25. The summed E-state index contributed by atoms with van der Waals surface area (Å²) in [5.74, 6) is 0.0995. The Kier molecular flexibility index (Phi) is 5.29. The molecule has 0 bridgehead atoms. The van der Waals surface area contributed by atoms with Crippen molar-refractivity contribution in [3.63, 3.8) is 0 Å². The molecule has 1 N–H and O–H groups in total. The van der Waals surface area contributed by atoms with Crippen LogP contribution in [0.15, 0.2) is 73.1 Å². The van der Waals surface area contributed by atoms with Gasteiger partial charge in [-0.15, -0.1) is 0 Å². The molecule has 0 unspecified atom stereocenters. The molecule has 5 nitrogen and oxygen atoms in total. The van der Waals surface area contributed by atoms with Crippen molar-refractivity contribution < 1.29 is 9.53 Å². The smallest absolute Gasteiger partial charge is 0.341 e. The number of fused-ring (bicyclic) bond motifs is 1. The number of anilines is 2. The van der Waals surface area contributed by atoms with Crippen LogP contribution in [0.5, 0.6) is 0 Å². The summed E-state index contributed by atoms with van der Waals surface area (Å²) in [4.78, 5) is 16.6. The van der Waals surface area contributed by atoms with E-state index in [9.17, 15) is 4.79 Å². The third-order valence-electron chi connectivity index (χ3n) is 4.99. The second kappa shape index (κ2) is 8.19. The number of esters is 1. The van der Waals surface area contributed by atoms with Crippen molar-refractivity contribution in [2.45, 2.75) is 19.9 Å². The number of carbonyl (C=O) groups is 1. The molecule has 4 rings (SSSR count). The van der Waals surface area contributed by atoms with Gasteiger partial charge >= 0.3 is 5.97 Å². The van der Waals surface area contributed by atoms with E-state index in [0.717, 1.165) is 35.1 Å². The highest BCUT2D eigenvalue weighted by Gasteiger charge is 2.15. The number of carbonyl (C=O) groups excluding carboxylic acids is 1. The molecule has 0 amide bonds. The van der Waals surface area contributed by atoms with Crippen LogP contribution in [-0.4, -0.2) is 22.6 Å². The number of pyridine rings is 1. The molecule has 146 valence electrons. The summed E-state index contributed by atoms with van der Waals surface area (Å²) in [7, 11) is 1.38. The van der Waals surface area contributed by atoms with Gasteiger partial charge < -0.3 is 14.6 Å². The molecule has 4 aromatic rings. The number of hydrogen-bond donors (Lipinski definition) is 1. The Hall–Kier alpha value is -3.60. The Morgan fingerprint density at radius 2 is 1.90 bits per heavy atom. The van der Waals surface area contributed by atoms with Crippen LogP contribution in [0.25, 0.3) is 10.9 Å². The van der Waals surface area contributed by atoms with Crippen molar-refractivity contribution in [3.8, 4) is 0 Å². The standard InChI is InChI=1S/C24H23N3O2/c1-3-17-13-21(24(28)29-2)23(25-15-17)26-20-9-10-22-19(14-20)11-12-27(22)16-18-7-5-4-6-8-18/h4-15H,3,16H2,1-2H3,(H,25,26). The topological polar surface area (TPSA) is 56.2 Å². The van der Waals surface area contributed by atoms with E-state index in [4.69, 9.17) is 4.74 Å². The van der Waals surface area contributed by atoms with Gasteiger partial charge in [0.2, 0.25) is 0 Å². The van der Waals surface area contributed by atoms with Gasteiger partial charge in [-0.25, -0.2) is 9.78 Å². The Balaban J connectivity index is 1.62. The van der Waals surface area contributed by atoms with E-state index >= 15 is 0 Å². The molecule has 29 heavy (non-hydrogen) atoms. The van der Waals surface area contributed by atoms with Crippen molar-refractivity contribution in [2.75, 3.05) is 12.4 Å². The summed E-state index contributed by atoms with van der Waals surface area (Å²) in [6.45, 7) is 2.85. The molecule has 0 aliphatic heterocycles. The van der Waals surface area contributed by atoms with Gasteiger partial charge in [-0.1, -0.05) is 37.3 Å². The lowest BCUT2D eigenvalue weighted by Crippen LogP contribution is -2.08. The fraction of sp³-hybridized carbons (Fsp3) is 0.167. The summed E-state index contributed by atoms with van der Waals surface area (Å²) >= 11 is 0. The van der Waals surface area contributed by atoms with Crippen LogP contribution in [0.3, 0.4) is 0 Å². The van der Waals surface area contributed by atoms with Gasteiger partial charge in [-0.05, 0) is 47.9 Å². The first kappa shape index (κ1) is 18.7. The quantitative estimate of drug-likeness (QED) is 0.465. The molecule has 5 heteroatoms. The van der Waals surface area contributed by atoms with Gasteiger partial charge in [0.1, 0.15) is 11.4 Å². The minimum atomic E-state index is -0.398. The zero-order valence-electron chi connectivity index (χ0n) is 16.6. The van der Waals surface area contributed by atoms with Crippen LogP contribution in [0.4, 0.5) is 11.5 Å². The van der Waals surface area contributed by atoms with Gasteiger partial charge in [0.15, 0.2) is 0 Å². The molecule has 0 fully saturated rings. The molecule has 0 radical (unpaired) electrons. The van der Waals surface area contributed by atoms with Crippen LogP contribution in [0.2, 0.25) is 0 Å². The maximum absolute atomic E-state index is 12.2. The maximum Gasteiger partial charge on any atom is 0.341 e. The lowest BCUT2D eigenvalue weighted by Gasteiger charge is -2.12. The number of rotatable bonds is 6. The van der Waals surface area contributed by atoms with E-state index < -0.39 is 5.97 Å². The highest BCUT2D eigenvalue weighted by atomic mass is 16.5. The molecule has 0 spiro atoms. The average molecular weight is 385 g/mol. The SMILES string of the molecule is CCc1cnc(Nc2ccc3c(ccn3Cc3ccccc3)c2)c(C(=O)OC)c1. The summed E-state index contributed by atoms with van der Waals surface area (Å²) in [5, 5.41) is 4.39. The lowest BCUT2D eigenvalue weighted by molar-refractivity contribution is 0.0601. The zero-order chi connectivity index (χ0) is 20.2. The average Bonchev–Trinajstić information content (AvgIpc) is 3.16. The fourth-order valence-electron chi connectivity index (χ4n) is 3.40. The van der Waals surface area contributed by atoms with Crippen molar-refractivity contribution in [1.29, 1.82) is 0 Å². The van der Waals surface area contributed by atoms with Crippen molar-refractivity contribution >= 4 is 28.4 Å². The number of ether oxygens (including phenoxy) is 1. The van der Waals surface area contributed by atoms with Gasteiger partial charge in [0.25, 0.3) is 0 Å². The first-order valence-corrected chi connectivity index (χ1v) is 9.65. The van der Waals surface area contributed by atoms with E-state index in [0.29, 0.717) is 11.4 Å². The highest BCUT2D eigenvalue weighted by molar-refractivity contribution is 5.96. The Bertz CT molecular complexity index is 1150. The molecule has 0 aliphatic carbocycles. The van der Waals surface area contributed by atoms with Crippen LogP contribution in [-0.2, 0) is 17.7 Å². The minimum absolute atomic E-state index is 0.398. The monoisotopic (exact) mass is 385 g/mol. The summed E-state index contributed by atoms with van der Waals surface area (Å²) in [6.07, 6.45) is 4.68. The number of methoxy groups -OCH3 is 1. The molecule has 0 saturated carbocycles. The van der Waals surface area contributed by atoms with Crippen LogP contribution >= 0.6 is 0 Å². The lowest BCUT2D eigenvalue weighted by atomic mass is 10.1. The van der Waals surface area contributed by atoms with Gasteiger partial charge in [-0.2, -0.15) is 0 Å². The van der Waals surface area contributed by atoms with Crippen molar-refractivity contribution in [3.05, 3.63) is 89.7 Å². The number of nitrogens with zero attached hydrogens (tertiary/aromatic N) is 2. The second-order valence-corrected chi connectivity index (χ2v) is 6.91. The van der Waals surface area contributed by atoms with E-state index in [1.807, 2.05) is 25.1 Å². The summed E-state index contributed by atoms with van der Waals surface area (Å²) < 4.78 is 7.15. The third kappa shape index (κ3) is 3.99. The van der Waals surface area contributed by atoms with Crippen LogP contribution in [0.1, 0.15) is 28.4 Å². The predicted octanol–water partition coefficient (Wildman–Crippen LogP) is 5.18. The number of benzene rings is 2. The Labute approximate surface area is 170 Å². The molecule has 0 atom stereocenters. The Morgan fingerprint density at radius 1 is 1.07 bits per heavy atom. The molecule has 2 heterocycles. The number of aromatic nitrogens is 2. The van der Waals surface area contributed by atoms with Crippen molar-refractivity contribution in [1.82, 2.24) is 9.55 Å². The molecular formula is C24H23N3O2. The first-order chi connectivity index (χ1) is 14.2. The molecule has 0 saturated heterocycles. The Morgan fingerprint density at radius 3 is 2.66 bits per heavy atom. The minimum Gasteiger partial charge on any atom is -0.465 e. The van der Waals surface area contributed by atoms with Gasteiger partial charge in [-0.3, -0.25) is 0 Å². The second-order valence-electron chi connectivity index (χ2n) is 6.91. The van der Waals surface area contributed by atoms with Crippen molar-refractivity contribution in [2.24, 2.45) is 0 Å². The van der Waals surface area contributed by atoms with Crippen LogP contribution in [0, 0.1) is 0 Å². The number of hydrogen-bond acceptors (Lipinski definition) is 4. The molecular weight excluding hydrogens is 362 g/mol. The molecule has 0 aliphatic rings. The molecule has 2 aromatic heterocycles. The summed E-state index contributed by atoms with van der Waals surface area (Å²) in [5.41, 5.74) is 4.71. The number of nitrogens with one attached hydrogen (secondary N) is 1. The first-order valence-electron chi connectivity index (χ1n) is 9.65. The molecule has 2 aromatic carbocycles. The third-order valence-corrected chi connectivity index (χ3v) is 4.99. The zero-order valence-corrected chi connectivity index (χ0v) is 16.6. The van der Waals surface area contributed by atoms with Gasteiger partial charge in [0.05, 0.1) is 7.11 Å². The maximum atomic E-state index is 12.2. The predicted molar refractivity (Wildman–Crippen MR) is 116 cm³/mol. The van der Waals surface area contributed by atoms with E-state index in [1.54, 1.807) is 6.20 Å². The van der Waals surface area contributed by atoms with E-state index in [1.165, 1.54) is 12.7 Å². The van der Waals surface area contributed by atoms with E-state index in [-0.39, 0.29) is 0 Å².